The molecule has 0 aliphatic heterocycles. The predicted octanol–water partition coefficient (Wildman–Crippen LogP) is 3.38. The Hall–Kier alpha value is -1.55. The van der Waals surface area contributed by atoms with Gasteiger partial charge in [-0.2, -0.15) is 0 Å². The minimum atomic E-state index is -0.512. The van der Waals surface area contributed by atoms with Gasteiger partial charge < -0.3 is 10.2 Å². The van der Waals surface area contributed by atoms with Crippen molar-refractivity contribution < 1.29 is 9.59 Å². The molecular formula is C17H25ClN2O2. The van der Waals surface area contributed by atoms with Gasteiger partial charge in [0.15, 0.2) is 0 Å². The van der Waals surface area contributed by atoms with Gasteiger partial charge in [-0.1, -0.05) is 43.6 Å². The number of hydrogen-bond donors (Lipinski definition) is 1. The molecule has 0 bridgehead atoms. The van der Waals surface area contributed by atoms with Crippen molar-refractivity contribution in [3.05, 3.63) is 34.9 Å². The Morgan fingerprint density at radius 2 is 1.91 bits per heavy atom. The van der Waals surface area contributed by atoms with E-state index in [1.54, 1.807) is 17.9 Å². The molecule has 0 aromatic heterocycles. The summed E-state index contributed by atoms with van der Waals surface area (Å²) in [5.41, 5.74) is 0.851. The van der Waals surface area contributed by atoms with Crippen LogP contribution in [0.15, 0.2) is 24.3 Å². The van der Waals surface area contributed by atoms with Crippen molar-refractivity contribution in [1.82, 2.24) is 10.2 Å². The summed E-state index contributed by atoms with van der Waals surface area (Å²) in [6.07, 6.45) is 2.04. The number of amides is 2. The molecule has 5 heteroatoms. The molecule has 1 N–H and O–H groups in total. The van der Waals surface area contributed by atoms with E-state index < -0.39 is 6.04 Å². The summed E-state index contributed by atoms with van der Waals surface area (Å²) < 4.78 is 0. The molecule has 0 spiro atoms. The number of benzene rings is 1. The van der Waals surface area contributed by atoms with Crippen molar-refractivity contribution >= 4 is 23.4 Å². The molecule has 0 heterocycles. The third-order valence-electron chi connectivity index (χ3n) is 3.48. The monoisotopic (exact) mass is 324 g/mol. The van der Waals surface area contributed by atoms with Gasteiger partial charge in [-0.15, -0.1) is 0 Å². The highest BCUT2D eigenvalue weighted by Crippen LogP contribution is 2.19. The van der Waals surface area contributed by atoms with Crippen molar-refractivity contribution in [2.24, 2.45) is 0 Å². The Morgan fingerprint density at radius 1 is 1.23 bits per heavy atom. The standard InChI is InChI=1S/C17H25ClN2O2/c1-4-8-16(21)20(13(3)17(22)19-11-5-2)12-14-9-6-7-10-15(14)18/h6-7,9-10,13H,4-5,8,11-12H2,1-3H3,(H,19,22). The fraction of sp³-hybridized carbons (Fsp3) is 0.529. The van der Waals surface area contributed by atoms with Crippen LogP contribution in [0, 0.1) is 0 Å². The van der Waals surface area contributed by atoms with E-state index in [9.17, 15) is 9.59 Å². The van der Waals surface area contributed by atoms with Crippen LogP contribution < -0.4 is 5.32 Å². The lowest BCUT2D eigenvalue weighted by Crippen LogP contribution is -2.47. The van der Waals surface area contributed by atoms with Gasteiger partial charge >= 0.3 is 0 Å². The molecule has 1 rings (SSSR count). The van der Waals surface area contributed by atoms with E-state index in [-0.39, 0.29) is 11.8 Å². The number of carbonyl (C=O) groups is 2. The van der Waals surface area contributed by atoms with Crippen LogP contribution in [0.5, 0.6) is 0 Å². The summed E-state index contributed by atoms with van der Waals surface area (Å²) in [5.74, 6) is -0.153. The molecule has 4 nitrogen and oxygen atoms in total. The molecule has 1 unspecified atom stereocenters. The zero-order chi connectivity index (χ0) is 16.5. The van der Waals surface area contributed by atoms with Crippen LogP contribution in [-0.2, 0) is 16.1 Å². The van der Waals surface area contributed by atoms with Crippen LogP contribution >= 0.6 is 11.6 Å². The maximum absolute atomic E-state index is 12.4. The number of nitrogens with one attached hydrogen (secondary N) is 1. The molecule has 1 aromatic rings. The first-order valence-corrected chi connectivity index (χ1v) is 8.19. The predicted molar refractivity (Wildman–Crippen MR) is 89.7 cm³/mol. The minimum Gasteiger partial charge on any atom is -0.354 e. The molecule has 22 heavy (non-hydrogen) atoms. The van der Waals surface area contributed by atoms with E-state index in [4.69, 9.17) is 11.6 Å². The van der Waals surface area contributed by atoms with Gasteiger partial charge in [0.25, 0.3) is 0 Å². The Kier molecular flexibility index (Phi) is 7.96. The number of nitrogens with zero attached hydrogens (tertiary/aromatic N) is 1. The van der Waals surface area contributed by atoms with Crippen molar-refractivity contribution in [1.29, 1.82) is 0 Å². The van der Waals surface area contributed by atoms with Gasteiger partial charge in [0.2, 0.25) is 11.8 Å². The van der Waals surface area contributed by atoms with Crippen molar-refractivity contribution in [3.63, 3.8) is 0 Å². The minimum absolute atomic E-state index is 0.0263. The lowest BCUT2D eigenvalue weighted by Gasteiger charge is -2.29. The zero-order valence-electron chi connectivity index (χ0n) is 13.6. The molecule has 0 saturated heterocycles. The van der Waals surface area contributed by atoms with Crippen molar-refractivity contribution in [3.8, 4) is 0 Å². The molecule has 0 radical (unpaired) electrons. The van der Waals surface area contributed by atoms with E-state index in [0.29, 0.717) is 24.5 Å². The number of hydrogen-bond acceptors (Lipinski definition) is 2. The van der Waals surface area contributed by atoms with E-state index in [1.807, 2.05) is 32.0 Å². The topological polar surface area (TPSA) is 49.4 Å². The normalized spacial score (nSPS) is 11.8. The average molecular weight is 325 g/mol. The first-order valence-electron chi connectivity index (χ1n) is 7.81. The lowest BCUT2D eigenvalue weighted by atomic mass is 10.1. The van der Waals surface area contributed by atoms with E-state index in [0.717, 1.165) is 18.4 Å². The van der Waals surface area contributed by atoms with Gasteiger partial charge in [-0.25, -0.2) is 0 Å². The van der Waals surface area contributed by atoms with E-state index >= 15 is 0 Å². The highest BCUT2D eigenvalue weighted by Gasteiger charge is 2.25. The summed E-state index contributed by atoms with van der Waals surface area (Å²) in [5, 5.41) is 3.45. The molecule has 0 aliphatic carbocycles. The first-order chi connectivity index (χ1) is 10.5. The third kappa shape index (κ3) is 5.34. The van der Waals surface area contributed by atoms with Gasteiger partial charge in [0.1, 0.15) is 6.04 Å². The summed E-state index contributed by atoms with van der Waals surface area (Å²) in [6.45, 7) is 6.67. The summed E-state index contributed by atoms with van der Waals surface area (Å²) in [6, 6.07) is 6.89. The van der Waals surface area contributed by atoms with Crippen LogP contribution in [-0.4, -0.2) is 29.3 Å². The van der Waals surface area contributed by atoms with Crippen LogP contribution in [0.4, 0.5) is 0 Å². The second kappa shape index (κ2) is 9.46. The number of halogens is 1. The number of carbonyl (C=O) groups excluding carboxylic acids is 2. The maximum Gasteiger partial charge on any atom is 0.242 e. The van der Waals surface area contributed by atoms with Crippen LogP contribution in [0.25, 0.3) is 0 Å². The van der Waals surface area contributed by atoms with Gasteiger partial charge in [-0.05, 0) is 31.4 Å². The second-order valence-corrected chi connectivity index (χ2v) is 5.74. The molecule has 122 valence electrons. The van der Waals surface area contributed by atoms with Crippen molar-refractivity contribution in [2.45, 2.75) is 52.6 Å². The zero-order valence-corrected chi connectivity index (χ0v) is 14.3. The Balaban J connectivity index is 2.90. The van der Waals surface area contributed by atoms with Gasteiger partial charge in [0.05, 0.1) is 0 Å². The summed E-state index contributed by atoms with van der Waals surface area (Å²) >= 11 is 6.18. The van der Waals surface area contributed by atoms with Gasteiger partial charge in [-0.3, -0.25) is 9.59 Å². The van der Waals surface area contributed by atoms with Crippen molar-refractivity contribution in [2.75, 3.05) is 6.54 Å². The Morgan fingerprint density at radius 3 is 2.50 bits per heavy atom. The van der Waals surface area contributed by atoms with Crippen LogP contribution in [0.2, 0.25) is 5.02 Å². The quantitative estimate of drug-likeness (QED) is 0.797. The van der Waals surface area contributed by atoms with Crippen LogP contribution in [0.3, 0.4) is 0 Å². The summed E-state index contributed by atoms with van der Waals surface area (Å²) in [7, 11) is 0. The fourth-order valence-electron chi connectivity index (χ4n) is 2.15. The SMILES string of the molecule is CCCNC(=O)C(C)N(Cc1ccccc1Cl)C(=O)CCC. The molecule has 0 aliphatic rings. The highest BCUT2D eigenvalue weighted by atomic mass is 35.5. The smallest absolute Gasteiger partial charge is 0.242 e. The first kappa shape index (κ1) is 18.5. The van der Waals surface area contributed by atoms with E-state index in [1.165, 1.54) is 0 Å². The Bertz CT molecular complexity index is 505. The molecule has 1 atom stereocenters. The Labute approximate surface area is 137 Å². The summed E-state index contributed by atoms with van der Waals surface area (Å²) in [4.78, 5) is 26.2. The molecular weight excluding hydrogens is 300 g/mol. The molecule has 1 aromatic carbocycles. The number of rotatable bonds is 8. The van der Waals surface area contributed by atoms with Gasteiger partial charge in [0, 0.05) is 24.5 Å². The fourth-order valence-corrected chi connectivity index (χ4v) is 2.34. The molecule has 0 saturated carbocycles. The molecule has 0 fully saturated rings. The second-order valence-electron chi connectivity index (χ2n) is 5.33. The molecule has 2 amide bonds. The third-order valence-corrected chi connectivity index (χ3v) is 3.85. The highest BCUT2D eigenvalue weighted by molar-refractivity contribution is 6.31. The maximum atomic E-state index is 12.4. The average Bonchev–Trinajstić information content (AvgIpc) is 2.51. The van der Waals surface area contributed by atoms with E-state index in [2.05, 4.69) is 5.32 Å². The van der Waals surface area contributed by atoms with Crippen LogP contribution in [0.1, 0.15) is 45.6 Å². The lowest BCUT2D eigenvalue weighted by molar-refractivity contribution is -0.140. The largest absolute Gasteiger partial charge is 0.354 e.